The van der Waals surface area contributed by atoms with Crippen LogP contribution in [0.15, 0.2) is 24.3 Å². The first-order chi connectivity index (χ1) is 10.8. The van der Waals surface area contributed by atoms with E-state index in [-0.39, 0.29) is 11.9 Å². The Bertz CT molecular complexity index is 632. The Labute approximate surface area is 139 Å². The van der Waals surface area contributed by atoms with E-state index in [1.165, 1.54) is 16.1 Å². The van der Waals surface area contributed by atoms with Crippen LogP contribution in [0.3, 0.4) is 0 Å². The number of hydrogen-bond acceptors (Lipinski definition) is 3. The number of benzene rings is 1. The van der Waals surface area contributed by atoms with Crippen LogP contribution in [-0.2, 0) is 16.4 Å². The summed E-state index contributed by atoms with van der Waals surface area (Å²) >= 11 is 0. The van der Waals surface area contributed by atoms with Gasteiger partial charge in [-0.3, -0.25) is 4.79 Å². The molecule has 1 aliphatic rings. The van der Waals surface area contributed by atoms with Gasteiger partial charge >= 0.3 is 0 Å². The van der Waals surface area contributed by atoms with Gasteiger partial charge in [0.25, 0.3) is 5.91 Å². The highest BCUT2D eigenvalue weighted by Gasteiger charge is 2.29. The Hall–Kier alpha value is -1.40. The van der Waals surface area contributed by atoms with Crippen molar-refractivity contribution in [3.8, 4) is 0 Å². The topological polar surface area (TPSA) is 57.7 Å². The molecule has 0 aliphatic carbocycles. The molecule has 5 nitrogen and oxygen atoms in total. The van der Waals surface area contributed by atoms with Gasteiger partial charge in [0.15, 0.2) is 0 Å². The average Bonchev–Trinajstić information content (AvgIpc) is 2.54. The van der Waals surface area contributed by atoms with Gasteiger partial charge in [-0.2, -0.15) is 0 Å². The first-order valence-electron chi connectivity index (χ1n) is 8.14. The van der Waals surface area contributed by atoms with Gasteiger partial charge in [-0.05, 0) is 37.0 Å². The standard InChI is InChI=1S/C17H26N2O3S/c1-4-5-14-6-8-15(9-7-14)17(20)19-12-10-16(11-13-19)18(2)23(3,21)22/h6-9,16H,4-5,10-13H2,1-3H3. The third kappa shape index (κ3) is 4.54. The van der Waals surface area contributed by atoms with E-state index in [0.29, 0.717) is 31.5 Å². The van der Waals surface area contributed by atoms with E-state index < -0.39 is 10.0 Å². The summed E-state index contributed by atoms with van der Waals surface area (Å²) in [5.74, 6) is 0.0357. The summed E-state index contributed by atoms with van der Waals surface area (Å²) in [6.07, 6.45) is 4.71. The van der Waals surface area contributed by atoms with Crippen LogP contribution in [0.5, 0.6) is 0 Å². The molecule has 0 spiro atoms. The van der Waals surface area contributed by atoms with Crippen LogP contribution in [0.4, 0.5) is 0 Å². The summed E-state index contributed by atoms with van der Waals surface area (Å²) in [4.78, 5) is 14.4. The number of hydrogen-bond donors (Lipinski definition) is 0. The second-order valence-corrected chi connectivity index (χ2v) is 8.29. The maximum Gasteiger partial charge on any atom is 0.253 e. The maximum absolute atomic E-state index is 12.5. The van der Waals surface area contributed by atoms with Crippen molar-refractivity contribution in [3.63, 3.8) is 0 Å². The van der Waals surface area contributed by atoms with Crippen LogP contribution in [-0.4, -0.2) is 56.0 Å². The maximum atomic E-state index is 12.5. The summed E-state index contributed by atoms with van der Waals surface area (Å²) in [5.41, 5.74) is 1.96. The van der Waals surface area contributed by atoms with Crippen molar-refractivity contribution in [2.75, 3.05) is 26.4 Å². The molecule has 1 aromatic carbocycles. The fourth-order valence-corrected chi connectivity index (χ4v) is 3.74. The zero-order valence-corrected chi connectivity index (χ0v) is 15.0. The van der Waals surface area contributed by atoms with Gasteiger partial charge in [0.1, 0.15) is 0 Å². The molecule has 0 radical (unpaired) electrons. The molecule has 0 atom stereocenters. The largest absolute Gasteiger partial charge is 0.339 e. The Kier molecular flexibility index (Phi) is 5.81. The van der Waals surface area contributed by atoms with Crippen LogP contribution in [0.25, 0.3) is 0 Å². The Morgan fingerprint density at radius 1 is 1.22 bits per heavy atom. The molecule has 1 fully saturated rings. The lowest BCUT2D eigenvalue weighted by Gasteiger charge is -2.35. The number of likely N-dealkylation sites (tertiary alicyclic amines) is 1. The van der Waals surface area contributed by atoms with Crippen molar-refractivity contribution >= 4 is 15.9 Å². The molecule has 1 aliphatic heterocycles. The minimum atomic E-state index is -3.17. The predicted molar refractivity (Wildman–Crippen MR) is 92.0 cm³/mol. The van der Waals surface area contributed by atoms with Crippen molar-refractivity contribution in [1.82, 2.24) is 9.21 Å². The number of nitrogens with zero attached hydrogens (tertiary/aromatic N) is 2. The van der Waals surface area contributed by atoms with E-state index >= 15 is 0 Å². The SMILES string of the molecule is CCCc1ccc(C(=O)N2CCC(N(C)S(C)(=O)=O)CC2)cc1. The highest BCUT2D eigenvalue weighted by atomic mass is 32.2. The van der Waals surface area contributed by atoms with Crippen LogP contribution in [0.2, 0.25) is 0 Å². The van der Waals surface area contributed by atoms with Crippen LogP contribution < -0.4 is 0 Å². The lowest BCUT2D eigenvalue weighted by molar-refractivity contribution is 0.0686. The van der Waals surface area contributed by atoms with E-state index in [4.69, 9.17) is 0 Å². The molecule has 6 heteroatoms. The molecule has 23 heavy (non-hydrogen) atoms. The van der Waals surface area contributed by atoms with Gasteiger partial charge < -0.3 is 4.90 Å². The molecule has 2 rings (SSSR count). The molecule has 0 N–H and O–H groups in total. The average molecular weight is 338 g/mol. The van der Waals surface area contributed by atoms with Gasteiger partial charge in [0.05, 0.1) is 6.26 Å². The second-order valence-electron chi connectivity index (χ2n) is 6.25. The monoisotopic (exact) mass is 338 g/mol. The van der Waals surface area contributed by atoms with Gasteiger partial charge in [0, 0.05) is 31.7 Å². The number of carbonyl (C=O) groups excluding carboxylic acids is 1. The number of sulfonamides is 1. The number of aryl methyl sites for hydroxylation is 1. The van der Waals surface area contributed by atoms with Crippen molar-refractivity contribution in [3.05, 3.63) is 35.4 Å². The van der Waals surface area contributed by atoms with Crippen molar-refractivity contribution in [1.29, 1.82) is 0 Å². The van der Waals surface area contributed by atoms with E-state index in [0.717, 1.165) is 12.8 Å². The molecule has 0 saturated carbocycles. The summed E-state index contributed by atoms with van der Waals surface area (Å²) in [5, 5.41) is 0. The minimum absolute atomic E-state index is 0.0130. The fraction of sp³-hybridized carbons (Fsp3) is 0.588. The minimum Gasteiger partial charge on any atom is -0.339 e. The van der Waals surface area contributed by atoms with Gasteiger partial charge in [-0.1, -0.05) is 25.5 Å². The molecule has 1 heterocycles. The summed E-state index contributed by atoms with van der Waals surface area (Å²) in [6.45, 7) is 3.33. The van der Waals surface area contributed by atoms with Crippen LogP contribution in [0.1, 0.15) is 42.1 Å². The molecular weight excluding hydrogens is 312 g/mol. The van der Waals surface area contributed by atoms with E-state index in [2.05, 4.69) is 6.92 Å². The first-order valence-corrected chi connectivity index (χ1v) is 9.99. The Morgan fingerprint density at radius 3 is 2.26 bits per heavy atom. The Morgan fingerprint density at radius 2 is 1.78 bits per heavy atom. The van der Waals surface area contributed by atoms with Gasteiger partial charge in [-0.25, -0.2) is 12.7 Å². The van der Waals surface area contributed by atoms with Crippen molar-refractivity contribution in [2.45, 2.75) is 38.6 Å². The van der Waals surface area contributed by atoms with Gasteiger partial charge in [-0.15, -0.1) is 0 Å². The predicted octanol–water partition coefficient (Wildman–Crippen LogP) is 2.14. The summed E-state index contributed by atoms with van der Waals surface area (Å²) in [7, 11) is -1.56. The molecule has 1 amide bonds. The molecule has 128 valence electrons. The fourth-order valence-electron chi connectivity index (χ4n) is 2.99. The highest BCUT2D eigenvalue weighted by molar-refractivity contribution is 7.88. The lowest BCUT2D eigenvalue weighted by atomic mass is 10.0. The molecule has 0 bridgehead atoms. The third-order valence-corrected chi connectivity index (χ3v) is 5.87. The number of amides is 1. The van der Waals surface area contributed by atoms with Crippen LogP contribution in [0, 0.1) is 0 Å². The summed E-state index contributed by atoms with van der Waals surface area (Å²) in [6, 6.07) is 7.80. The van der Waals surface area contributed by atoms with Crippen LogP contribution >= 0.6 is 0 Å². The zero-order chi connectivity index (χ0) is 17.0. The lowest BCUT2D eigenvalue weighted by Crippen LogP contribution is -2.47. The third-order valence-electron chi connectivity index (χ3n) is 4.53. The number of carbonyl (C=O) groups is 1. The van der Waals surface area contributed by atoms with Gasteiger partial charge in [0.2, 0.25) is 10.0 Å². The van der Waals surface area contributed by atoms with E-state index in [1.54, 1.807) is 7.05 Å². The molecule has 1 aromatic rings. The zero-order valence-electron chi connectivity index (χ0n) is 14.2. The summed E-state index contributed by atoms with van der Waals surface area (Å²) < 4.78 is 24.6. The normalized spacial score (nSPS) is 16.8. The quantitative estimate of drug-likeness (QED) is 0.826. The van der Waals surface area contributed by atoms with Crippen molar-refractivity contribution < 1.29 is 13.2 Å². The number of piperidine rings is 1. The van der Waals surface area contributed by atoms with E-state index in [1.807, 2.05) is 29.2 Å². The molecular formula is C17H26N2O3S. The highest BCUT2D eigenvalue weighted by Crippen LogP contribution is 2.19. The molecule has 0 aromatic heterocycles. The first kappa shape index (κ1) is 17.9. The number of rotatable bonds is 5. The second kappa shape index (κ2) is 7.45. The van der Waals surface area contributed by atoms with E-state index in [9.17, 15) is 13.2 Å². The molecule has 0 unspecified atom stereocenters. The van der Waals surface area contributed by atoms with Crippen molar-refractivity contribution in [2.24, 2.45) is 0 Å². The smallest absolute Gasteiger partial charge is 0.253 e. The Balaban J connectivity index is 1.95. The molecule has 1 saturated heterocycles.